The number of hydrogen-bond donors (Lipinski definition) is 1. The second-order valence-corrected chi connectivity index (χ2v) is 5.18. The number of hydrogen-bond acceptors (Lipinski definition) is 3. The number of halogens is 2. The van der Waals surface area contributed by atoms with E-state index in [1.807, 2.05) is 6.92 Å². The number of benzene rings is 1. The molecular formula is C14H16F2N2O2. The van der Waals surface area contributed by atoms with E-state index in [0.29, 0.717) is 0 Å². The number of carbonyl (C=O) groups is 2. The number of carbonyl (C=O) groups excluding carboxylic acids is 2. The molecule has 1 heterocycles. The molecule has 6 heteroatoms. The largest absolute Gasteiger partial charge is 0.322 e. The van der Waals surface area contributed by atoms with Gasteiger partial charge in [-0.1, -0.05) is 6.92 Å². The summed E-state index contributed by atoms with van der Waals surface area (Å²) >= 11 is 0. The Morgan fingerprint density at radius 2 is 1.90 bits per heavy atom. The molecule has 0 aliphatic carbocycles. The summed E-state index contributed by atoms with van der Waals surface area (Å²) in [4.78, 5) is 24.7. The maximum atomic E-state index is 13.6. The molecule has 108 valence electrons. The summed E-state index contributed by atoms with van der Waals surface area (Å²) in [6, 6.07) is 2.02. The van der Waals surface area contributed by atoms with Crippen LogP contribution in [0, 0.1) is 17.6 Å². The number of piperidine rings is 1. The van der Waals surface area contributed by atoms with Crippen molar-refractivity contribution < 1.29 is 18.4 Å². The van der Waals surface area contributed by atoms with Crippen molar-refractivity contribution in [2.45, 2.75) is 25.8 Å². The number of nitrogens with zero attached hydrogens (tertiary/aromatic N) is 1. The van der Waals surface area contributed by atoms with E-state index in [9.17, 15) is 18.4 Å². The molecule has 1 aliphatic rings. The minimum atomic E-state index is -0.938. The molecule has 4 nitrogen and oxygen atoms in total. The van der Waals surface area contributed by atoms with Gasteiger partial charge in [-0.25, -0.2) is 8.78 Å². The van der Waals surface area contributed by atoms with Crippen LogP contribution in [-0.4, -0.2) is 23.3 Å². The van der Waals surface area contributed by atoms with E-state index in [4.69, 9.17) is 5.73 Å². The highest BCUT2D eigenvalue weighted by molar-refractivity contribution is 5.97. The summed E-state index contributed by atoms with van der Waals surface area (Å²) in [6.07, 6.45) is 0.536. The van der Waals surface area contributed by atoms with Gasteiger partial charge in [-0.15, -0.1) is 0 Å². The maximum absolute atomic E-state index is 13.6. The molecule has 2 amide bonds. The Morgan fingerprint density at radius 1 is 1.30 bits per heavy atom. The Kier molecular flexibility index (Phi) is 4.13. The van der Waals surface area contributed by atoms with Crippen molar-refractivity contribution in [1.29, 1.82) is 0 Å². The molecule has 2 N–H and O–H groups in total. The van der Waals surface area contributed by atoms with Crippen LogP contribution in [0.2, 0.25) is 0 Å². The van der Waals surface area contributed by atoms with Gasteiger partial charge in [0.05, 0.1) is 6.04 Å². The molecule has 1 aromatic rings. The lowest BCUT2D eigenvalue weighted by atomic mass is 9.96. The van der Waals surface area contributed by atoms with E-state index in [2.05, 4.69) is 0 Å². The molecule has 1 aromatic carbocycles. The molecule has 0 radical (unpaired) electrons. The summed E-state index contributed by atoms with van der Waals surface area (Å²) in [7, 11) is 0. The number of nitrogens with two attached hydrogens (primary N) is 1. The van der Waals surface area contributed by atoms with Crippen LogP contribution in [-0.2, 0) is 9.59 Å². The number of likely N-dealkylation sites (tertiary alicyclic amines) is 1. The number of rotatable bonds is 3. The average molecular weight is 282 g/mol. The number of amides is 2. The normalized spacial score (nSPS) is 18.5. The zero-order valence-electron chi connectivity index (χ0n) is 11.1. The van der Waals surface area contributed by atoms with Crippen LogP contribution < -0.4 is 5.73 Å². The fourth-order valence-corrected chi connectivity index (χ4v) is 2.33. The van der Waals surface area contributed by atoms with Gasteiger partial charge in [-0.2, -0.15) is 0 Å². The summed E-state index contributed by atoms with van der Waals surface area (Å²) in [5.74, 6) is -1.89. The third-order valence-corrected chi connectivity index (χ3v) is 3.39. The maximum Gasteiger partial charge on any atom is 0.229 e. The Hall–Kier alpha value is -1.82. The van der Waals surface area contributed by atoms with E-state index < -0.39 is 17.7 Å². The highest BCUT2D eigenvalue weighted by Gasteiger charge is 2.31. The Balaban J connectivity index is 2.15. The second kappa shape index (κ2) is 5.66. The van der Waals surface area contributed by atoms with E-state index in [0.717, 1.165) is 23.1 Å². The lowest BCUT2D eigenvalue weighted by molar-refractivity contribution is -0.150. The Morgan fingerprint density at radius 3 is 2.50 bits per heavy atom. The molecule has 1 aliphatic heterocycles. The van der Waals surface area contributed by atoms with Gasteiger partial charge in [0.25, 0.3) is 0 Å². The van der Waals surface area contributed by atoms with Gasteiger partial charge in [-0.3, -0.25) is 14.5 Å². The molecule has 2 rings (SSSR count). The van der Waals surface area contributed by atoms with Crippen molar-refractivity contribution in [2.75, 3.05) is 6.54 Å². The van der Waals surface area contributed by atoms with Crippen molar-refractivity contribution in [3.63, 3.8) is 0 Å². The molecule has 0 saturated carbocycles. The molecule has 1 saturated heterocycles. The zero-order chi connectivity index (χ0) is 14.9. The van der Waals surface area contributed by atoms with Gasteiger partial charge in [0.2, 0.25) is 11.8 Å². The van der Waals surface area contributed by atoms with Crippen LogP contribution in [0.25, 0.3) is 0 Å². The molecule has 20 heavy (non-hydrogen) atoms. The Bertz CT molecular complexity index is 530. The topological polar surface area (TPSA) is 63.4 Å². The van der Waals surface area contributed by atoms with Crippen molar-refractivity contribution in [2.24, 2.45) is 11.7 Å². The van der Waals surface area contributed by atoms with E-state index in [1.165, 1.54) is 0 Å². The predicted molar refractivity (Wildman–Crippen MR) is 68.4 cm³/mol. The first-order valence-corrected chi connectivity index (χ1v) is 6.42. The first kappa shape index (κ1) is 14.6. The van der Waals surface area contributed by atoms with Crippen molar-refractivity contribution >= 4 is 11.8 Å². The third kappa shape index (κ3) is 3.01. The van der Waals surface area contributed by atoms with Crippen LogP contribution >= 0.6 is 0 Å². The highest BCUT2D eigenvalue weighted by Crippen LogP contribution is 2.23. The third-order valence-electron chi connectivity index (χ3n) is 3.39. The summed E-state index contributed by atoms with van der Waals surface area (Å²) in [5, 5.41) is 0. The molecule has 0 spiro atoms. The minimum absolute atomic E-state index is 0.00776. The van der Waals surface area contributed by atoms with Crippen molar-refractivity contribution in [3.8, 4) is 0 Å². The monoisotopic (exact) mass is 282 g/mol. The highest BCUT2D eigenvalue weighted by atomic mass is 19.1. The van der Waals surface area contributed by atoms with Gasteiger partial charge in [-0.05, 0) is 24.1 Å². The first-order chi connectivity index (χ1) is 9.38. The van der Waals surface area contributed by atoms with Gasteiger partial charge >= 0.3 is 0 Å². The quantitative estimate of drug-likeness (QED) is 0.859. The first-order valence-electron chi connectivity index (χ1n) is 6.42. The smallest absolute Gasteiger partial charge is 0.229 e. The summed E-state index contributed by atoms with van der Waals surface area (Å²) < 4.78 is 26.7. The lowest BCUT2D eigenvalue weighted by Gasteiger charge is -2.30. The molecule has 0 aromatic heterocycles. The lowest BCUT2D eigenvalue weighted by Crippen LogP contribution is -2.46. The van der Waals surface area contributed by atoms with Gasteiger partial charge in [0.1, 0.15) is 11.6 Å². The van der Waals surface area contributed by atoms with Gasteiger partial charge in [0, 0.05) is 24.9 Å². The molecule has 1 unspecified atom stereocenters. The van der Waals surface area contributed by atoms with Crippen molar-refractivity contribution in [1.82, 2.24) is 4.90 Å². The summed E-state index contributed by atoms with van der Waals surface area (Å²) in [5.41, 5.74) is 5.76. The number of imide groups is 1. The van der Waals surface area contributed by atoms with Gasteiger partial charge < -0.3 is 5.73 Å². The fraction of sp³-hybridized carbons (Fsp3) is 0.429. The van der Waals surface area contributed by atoms with Crippen LogP contribution in [0.4, 0.5) is 8.78 Å². The average Bonchev–Trinajstić information content (AvgIpc) is 2.36. The minimum Gasteiger partial charge on any atom is -0.322 e. The zero-order valence-corrected chi connectivity index (χ0v) is 11.1. The molecular weight excluding hydrogens is 266 g/mol. The van der Waals surface area contributed by atoms with Crippen LogP contribution in [0.1, 0.15) is 31.4 Å². The standard InChI is InChI=1S/C14H16F2N2O2/c1-8-4-13(19)18(14(20)5-8)7-12(17)10-6-9(15)2-3-11(10)16/h2-3,6,8,12H,4-5,7,17H2,1H3. The van der Waals surface area contributed by atoms with Crippen LogP contribution in [0.3, 0.4) is 0 Å². The Labute approximate surface area is 115 Å². The van der Waals surface area contributed by atoms with E-state index >= 15 is 0 Å². The molecule has 1 atom stereocenters. The van der Waals surface area contributed by atoms with Gasteiger partial charge in [0.15, 0.2) is 0 Å². The second-order valence-electron chi connectivity index (χ2n) is 5.18. The van der Waals surface area contributed by atoms with Crippen LogP contribution in [0.15, 0.2) is 18.2 Å². The van der Waals surface area contributed by atoms with E-state index in [1.54, 1.807) is 0 Å². The molecule has 1 fully saturated rings. The molecule has 0 bridgehead atoms. The predicted octanol–water partition coefficient (Wildman–Crippen LogP) is 1.75. The SMILES string of the molecule is CC1CC(=O)N(CC(N)c2cc(F)ccc2F)C(=O)C1. The summed E-state index contributed by atoms with van der Waals surface area (Å²) in [6.45, 7) is 1.68. The fourth-order valence-electron chi connectivity index (χ4n) is 2.33. The van der Waals surface area contributed by atoms with Crippen molar-refractivity contribution in [3.05, 3.63) is 35.4 Å². The van der Waals surface area contributed by atoms with E-state index in [-0.39, 0.29) is 42.7 Å². The van der Waals surface area contributed by atoms with Crippen LogP contribution in [0.5, 0.6) is 0 Å².